The number of aryl methyl sites for hydroxylation is 1. The van der Waals surface area contributed by atoms with Gasteiger partial charge in [-0.15, -0.1) is 0 Å². The van der Waals surface area contributed by atoms with E-state index in [2.05, 4.69) is 15.3 Å². The van der Waals surface area contributed by atoms with Crippen LogP contribution in [0.5, 0.6) is 0 Å². The van der Waals surface area contributed by atoms with Crippen molar-refractivity contribution in [1.82, 2.24) is 9.78 Å². The number of amides is 1. The first kappa shape index (κ1) is 16.6. The van der Waals surface area contributed by atoms with Crippen molar-refractivity contribution in [3.8, 4) is 0 Å². The lowest BCUT2D eigenvalue weighted by Gasteiger charge is -2.29. The zero-order valence-corrected chi connectivity index (χ0v) is 14.6. The SMILES string of the molecule is Cn1ncc2c(N3CCOCC3)cc(NC(=O)OC(C)(C)C)cc21. The second-order valence-corrected chi connectivity index (χ2v) is 6.92. The molecule has 1 aromatic heterocycles. The van der Waals surface area contributed by atoms with E-state index in [1.807, 2.05) is 46.1 Å². The van der Waals surface area contributed by atoms with Gasteiger partial charge in [0.15, 0.2) is 0 Å². The van der Waals surface area contributed by atoms with Crippen LogP contribution >= 0.6 is 0 Å². The Labute approximate surface area is 141 Å². The fourth-order valence-corrected chi connectivity index (χ4v) is 2.79. The number of carbonyl (C=O) groups is 1. The summed E-state index contributed by atoms with van der Waals surface area (Å²) in [6, 6.07) is 3.88. The predicted molar refractivity (Wildman–Crippen MR) is 93.6 cm³/mol. The molecule has 24 heavy (non-hydrogen) atoms. The van der Waals surface area contributed by atoms with Crippen LogP contribution in [0.4, 0.5) is 16.2 Å². The van der Waals surface area contributed by atoms with Crippen LogP contribution in [0.15, 0.2) is 18.3 Å². The van der Waals surface area contributed by atoms with Crippen molar-refractivity contribution in [3.63, 3.8) is 0 Å². The molecule has 1 aliphatic rings. The number of hydrogen-bond donors (Lipinski definition) is 1. The maximum absolute atomic E-state index is 12.1. The van der Waals surface area contributed by atoms with E-state index in [1.165, 1.54) is 0 Å². The fraction of sp³-hybridized carbons (Fsp3) is 0.529. The molecule has 0 atom stereocenters. The monoisotopic (exact) mass is 332 g/mol. The zero-order valence-electron chi connectivity index (χ0n) is 14.6. The van der Waals surface area contributed by atoms with Gasteiger partial charge in [0, 0.05) is 36.9 Å². The van der Waals surface area contributed by atoms with Crippen LogP contribution in [0.25, 0.3) is 10.9 Å². The minimum absolute atomic E-state index is 0.461. The van der Waals surface area contributed by atoms with Crippen LogP contribution in [0, 0.1) is 0 Å². The number of anilines is 2. The summed E-state index contributed by atoms with van der Waals surface area (Å²) in [6.07, 6.45) is 1.40. The Hall–Kier alpha value is -2.28. The largest absolute Gasteiger partial charge is 0.444 e. The van der Waals surface area contributed by atoms with E-state index in [4.69, 9.17) is 9.47 Å². The second kappa shape index (κ2) is 6.32. The van der Waals surface area contributed by atoms with E-state index < -0.39 is 11.7 Å². The summed E-state index contributed by atoms with van der Waals surface area (Å²) in [6.45, 7) is 8.57. The van der Waals surface area contributed by atoms with Crippen LogP contribution in [-0.4, -0.2) is 47.8 Å². The number of hydrogen-bond acceptors (Lipinski definition) is 5. The predicted octanol–water partition coefficient (Wildman–Crippen LogP) is 2.76. The van der Waals surface area contributed by atoms with Crippen molar-refractivity contribution < 1.29 is 14.3 Å². The molecule has 1 aliphatic heterocycles. The second-order valence-electron chi connectivity index (χ2n) is 6.92. The molecule has 0 aliphatic carbocycles. The smallest absolute Gasteiger partial charge is 0.412 e. The van der Waals surface area contributed by atoms with Gasteiger partial charge in [0.05, 0.1) is 24.9 Å². The van der Waals surface area contributed by atoms with Gasteiger partial charge in [-0.25, -0.2) is 4.79 Å². The molecule has 1 amide bonds. The van der Waals surface area contributed by atoms with Gasteiger partial charge in [0.2, 0.25) is 0 Å². The summed E-state index contributed by atoms with van der Waals surface area (Å²) in [5.41, 5.74) is 2.18. The Bertz CT molecular complexity index is 742. The number of nitrogens with one attached hydrogen (secondary N) is 1. The van der Waals surface area contributed by atoms with Crippen molar-refractivity contribution in [3.05, 3.63) is 18.3 Å². The average molecular weight is 332 g/mol. The lowest BCUT2D eigenvalue weighted by Crippen LogP contribution is -2.36. The molecule has 1 fully saturated rings. The van der Waals surface area contributed by atoms with Crippen LogP contribution in [0.1, 0.15) is 20.8 Å². The summed E-state index contributed by atoms with van der Waals surface area (Å²) < 4.78 is 12.6. The summed E-state index contributed by atoms with van der Waals surface area (Å²) in [5.74, 6) is 0. The van der Waals surface area contributed by atoms with Crippen molar-refractivity contribution in [2.75, 3.05) is 36.5 Å². The molecule has 0 unspecified atom stereocenters. The van der Waals surface area contributed by atoms with Crippen molar-refractivity contribution in [2.45, 2.75) is 26.4 Å². The number of carbonyl (C=O) groups excluding carboxylic acids is 1. The van der Waals surface area contributed by atoms with Crippen molar-refractivity contribution >= 4 is 28.4 Å². The molecule has 1 aromatic carbocycles. The van der Waals surface area contributed by atoms with Crippen LogP contribution in [-0.2, 0) is 16.5 Å². The summed E-state index contributed by atoms with van der Waals surface area (Å²) in [4.78, 5) is 14.3. The van der Waals surface area contributed by atoms with E-state index in [1.54, 1.807) is 4.68 Å². The van der Waals surface area contributed by atoms with Crippen LogP contribution < -0.4 is 10.2 Å². The highest BCUT2D eigenvalue weighted by Crippen LogP contribution is 2.31. The highest BCUT2D eigenvalue weighted by atomic mass is 16.6. The van der Waals surface area contributed by atoms with Gasteiger partial charge in [-0.1, -0.05) is 0 Å². The van der Waals surface area contributed by atoms with Crippen LogP contribution in [0.2, 0.25) is 0 Å². The molecule has 0 saturated carbocycles. The first-order chi connectivity index (χ1) is 11.3. The summed E-state index contributed by atoms with van der Waals surface area (Å²) in [7, 11) is 1.89. The first-order valence-corrected chi connectivity index (χ1v) is 8.12. The average Bonchev–Trinajstić information content (AvgIpc) is 2.87. The molecule has 7 heteroatoms. The molecule has 1 saturated heterocycles. The van der Waals surface area contributed by atoms with Gasteiger partial charge in [-0.05, 0) is 32.9 Å². The van der Waals surface area contributed by atoms with E-state index >= 15 is 0 Å². The number of morpholine rings is 1. The molecule has 130 valence electrons. The van der Waals surface area contributed by atoms with E-state index in [-0.39, 0.29) is 0 Å². The quantitative estimate of drug-likeness (QED) is 0.916. The molecule has 0 spiro atoms. The number of fused-ring (bicyclic) bond motifs is 1. The first-order valence-electron chi connectivity index (χ1n) is 8.12. The maximum atomic E-state index is 12.1. The fourth-order valence-electron chi connectivity index (χ4n) is 2.79. The highest BCUT2D eigenvalue weighted by molar-refractivity contribution is 5.98. The third-order valence-corrected chi connectivity index (χ3v) is 3.84. The van der Waals surface area contributed by atoms with Crippen molar-refractivity contribution in [2.24, 2.45) is 7.05 Å². The molecule has 2 heterocycles. The van der Waals surface area contributed by atoms with E-state index in [0.717, 1.165) is 29.7 Å². The van der Waals surface area contributed by atoms with Gasteiger partial charge in [-0.3, -0.25) is 10.00 Å². The molecule has 2 aromatic rings. The maximum Gasteiger partial charge on any atom is 0.412 e. The van der Waals surface area contributed by atoms with Crippen LogP contribution in [0.3, 0.4) is 0 Å². The number of rotatable bonds is 2. The van der Waals surface area contributed by atoms with Gasteiger partial charge in [0.1, 0.15) is 5.60 Å². The molecule has 7 nitrogen and oxygen atoms in total. The third kappa shape index (κ3) is 3.62. The van der Waals surface area contributed by atoms with E-state index in [9.17, 15) is 4.79 Å². The molecule has 0 radical (unpaired) electrons. The topological polar surface area (TPSA) is 68.6 Å². The number of aromatic nitrogens is 2. The van der Waals surface area contributed by atoms with Gasteiger partial charge >= 0.3 is 6.09 Å². The van der Waals surface area contributed by atoms with E-state index in [0.29, 0.717) is 18.9 Å². The molecule has 3 rings (SSSR count). The van der Waals surface area contributed by atoms with Gasteiger partial charge in [-0.2, -0.15) is 5.10 Å². The minimum Gasteiger partial charge on any atom is -0.444 e. The van der Waals surface area contributed by atoms with Crippen molar-refractivity contribution in [1.29, 1.82) is 0 Å². The van der Waals surface area contributed by atoms with Gasteiger partial charge in [0.25, 0.3) is 0 Å². The molecular weight excluding hydrogens is 308 g/mol. The number of benzene rings is 1. The standard InChI is InChI=1S/C17H24N4O3/c1-17(2,3)24-16(22)19-12-9-14-13(11-18-20(14)4)15(10-12)21-5-7-23-8-6-21/h9-11H,5-8H2,1-4H3,(H,19,22). The molecule has 0 bridgehead atoms. The minimum atomic E-state index is -0.534. The number of ether oxygens (including phenoxy) is 2. The lowest BCUT2D eigenvalue weighted by atomic mass is 10.1. The Kier molecular flexibility index (Phi) is 4.36. The molecular formula is C17H24N4O3. The summed E-state index contributed by atoms with van der Waals surface area (Å²) in [5, 5.41) is 8.24. The molecule has 1 N–H and O–H groups in total. The Morgan fingerprint density at radius 3 is 2.67 bits per heavy atom. The zero-order chi connectivity index (χ0) is 17.3. The third-order valence-electron chi connectivity index (χ3n) is 3.84. The highest BCUT2D eigenvalue weighted by Gasteiger charge is 2.20. The Morgan fingerprint density at radius 2 is 2.00 bits per heavy atom. The number of nitrogens with zero attached hydrogens (tertiary/aromatic N) is 3. The van der Waals surface area contributed by atoms with Gasteiger partial charge < -0.3 is 14.4 Å². The summed E-state index contributed by atoms with van der Waals surface area (Å²) >= 11 is 0. The normalized spacial score (nSPS) is 15.6. The lowest BCUT2D eigenvalue weighted by molar-refractivity contribution is 0.0636. The Balaban J connectivity index is 1.93. The Morgan fingerprint density at radius 1 is 1.29 bits per heavy atom.